The third-order valence-electron chi connectivity index (χ3n) is 7.44. The molecule has 0 radical (unpaired) electrons. The number of fused-ring (bicyclic) bond motifs is 5. The maximum Gasteiger partial charge on any atom is 0.303 e. The average Bonchev–Trinajstić information content (AvgIpc) is 2.61. The highest BCUT2D eigenvalue weighted by atomic mass is 16.6. The van der Waals surface area contributed by atoms with Crippen LogP contribution in [0.5, 0.6) is 5.75 Å². The Morgan fingerprint density at radius 1 is 1.19 bits per heavy atom. The normalized spacial score (nSPS) is 35.7. The highest BCUT2D eigenvalue weighted by Gasteiger charge is 2.62. The molecule has 0 unspecified atom stereocenters. The Kier molecular flexibility index (Phi) is 4.13. The van der Waals surface area contributed by atoms with Crippen LogP contribution < -0.4 is 4.74 Å². The summed E-state index contributed by atoms with van der Waals surface area (Å²) in [5, 5.41) is 0. The molecule has 0 N–H and O–H groups in total. The summed E-state index contributed by atoms with van der Waals surface area (Å²) in [7, 11) is 1.74. The first-order chi connectivity index (χ1) is 12.4. The van der Waals surface area contributed by atoms with Crippen LogP contribution in [0.2, 0.25) is 0 Å². The third-order valence-corrected chi connectivity index (χ3v) is 7.44. The predicted octanol–water partition coefficient (Wildman–Crippen LogP) is 4.20. The van der Waals surface area contributed by atoms with E-state index in [4.69, 9.17) is 9.47 Å². The van der Waals surface area contributed by atoms with E-state index in [0.29, 0.717) is 24.7 Å². The minimum atomic E-state index is -0.619. The Labute approximate surface area is 155 Å². The number of hydrogen-bond donors (Lipinski definition) is 0. The molecule has 3 aliphatic carbocycles. The van der Waals surface area contributed by atoms with Gasteiger partial charge < -0.3 is 9.47 Å². The van der Waals surface area contributed by atoms with E-state index < -0.39 is 5.60 Å². The van der Waals surface area contributed by atoms with Gasteiger partial charge in [-0.3, -0.25) is 9.59 Å². The van der Waals surface area contributed by atoms with Crippen molar-refractivity contribution in [3.8, 4) is 5.75 Å². The molecule has 0 amide bonds. The van der Waals surface area contributed by atoms with Crippen molar-refractivity contribution >= 4 is 11.8 Å². The van der Waals surface area contributed by atoms with Gasteiger partial charge in [0, 0.05) is 25.2 Å². The lowest BCUT2D eigenvalue weighted by atomic mass is 9.47. The van der Waals surface area contributed by atoms with Crippen LogP contribution in [0.1, 0.15) is 69.4 Å². The molecule has 0 spiro atoms. The van der Waals surface area contributed by atoms with Gasteiger partial charge in [-0.05, 0) is 61.1 Å². The molecular weight excluding hydrogens is 328 g/mol. The second kappa shape index (κ2) is 6.11. The van der Waals surface area contributed by atoms with Crippen LogP contribution in [0.15, 0.2) is 18.2 Å². The smallest absolute Gasteiger partial charge is 0.303 e. The van der Waals surface area contributed by atoms with Crippen LogP contribution in [0.3, 0.4) is 0 Å². The first kappa shape index (κ1) is 17.6. The summed E-state index contributed by atoms with van der Waals surface area (Å²) in [6.45, 7) is 3.74. The van der Waals surface area contributed by atoms with Gasteiger partial charge in [-0.1, -0.05) is 19.1 Å². The fourth-order valence-electron chi connectivity index (χ4n) is 6.23. The van der Waals surface area contributed by atoms with Gasteiger partial charge in [0.05, 0.1) is 7.11 Å². The number of ether oxygens (including phenoxy) is 2. The number of rotatable bonds is 2. The Morgan fingerprint density at radius 3 is 2.73 bits per heavy atom. The lowest BCUT2D eigenvalue weighted by Crippen LogP contribution is -2.61. The number of hydrogen-bond acceptors (Lipinski definition) is 4. The van der Waals surface area contributed by atoms with Gasteiger partial charge in [-0.2, -0.15) is 0 Å². The highest BCUT2D eigenvalue weighted by Crippen LogP contribution is 2.63. The summed E-state index contributed by atoms with van der Waals surface area (Å²) in [6, 6.07) is 6.37. The second-order valence-corrected chi connectivity index (χ2v) is 8.54. The Hall–Kier alpha value is -1.84. The molecule has 1 aromatic carbocycles. The molecule has 0 aromatic heterocycles. The molecule has 0 aliphatic heterocycles. The summed E-state index contributed by atoms with van der Waals surface area (Å²) in [5.74, 6) is 1.85. The maximum atomic E-state index is 12.3. The molecule has 4 atom stereocenters. The van der Waals surface area contributed by atoms with Gasteiger partial charge in [-0.15, -0.1) is 0 Å². The standard InChI is InChI=1S/C22H28O4/c1-14(23)26-22-12-10-17-16-5-4-6-20(25-3)18(16)7-8-19(17)21(22,2)11-9-15(24)13-22/h4-6,17,19H,7-13H2,1-3H3/t17-,19+,21+,22-/m1/s1. The Balaban J connectivity index is 1.77. The maximum absolute atomic E-state index is 12.3. The van der Waals surface area contributed by atoms with E-state index in [2.05, 4.69) is 19.1 Å². The van der Waals surface area contributed by atoms with E-state index in [1.54, 1.807) is 7.11 Å². The molecule has 1 aromatic rings. The summed E-state index contributed by atoms with van der Waals surface area (Å²) in [4.78, 5) is 24.2. The van der Waals surface area contributed by atoms with E-state index in [1.165, 1.54) is 18.1 Å². The van der Waals surface area contributed by atoms with Crippen molar-refractivity contribution in [3.63, 3.8) is 0 Å². The van der Waals surface area contributed by atoms with Crippen LogP contribution in [-0.2, 0) is 20.7 Å². The van der Waals surface area contributed by atoms with Gasteiger partial charge in [0.25, 0.3) is 0 Å². The van der Waals surface area contributed by atoms with E-state index in [0.717, 1.165) is 37.9 Å². The molecule has 26 heavy (non-hydrogen) atoms. The van der Waals surface area contributed by atoms with Crippen molar-refractivity contribution < 1.29 is 19.1 Å². The number of Topliss-reactive ketones (excluding diaryl/α,β-unsaturated/α-hetero) is 1. The lowest BCUT2D eigenvalue weighted by molar-refractivity contribution is -0.206. The van der Waals surface area contributed by atoms with Crippen molar-refractivity contribution in [1.29, 1.82) is 0 Å². The monoisotopic (exact) mass is 356 g/mol. The number of esters is 1. The zero-order chi connectivity index (χ0) is 18.5. The summed E-state index contributed by atoms with van der Waals surface area (Å²) in [6.07, 6.45) is 5.59. The van der Waals surface area contributed by atoms with Gasteiger partial charge in [0.15, 0.2) is 0 Å². The fourth-order valence-corrected chi connectivity index (χ4v) is 6.23. The summed E-state index contributed by atoms with van der Waals surface area (Å²) < 4.78 is 11.6. The first-order valence-electron chi connectivity index (χ1n) is 9.77. The van der Waals surface area contributed by atoms with Crippen LogP contribution in [-0.4, -0.2) is 24.5 Å². The number of carbonyl (C=O) groups excluding carboxylic acids is 2. The molecule has 4 rings (SSSR count). The van der Waals surface area contributed by atoms with Gasteiger partial charge in [-0.25, -0.2) is 0 Å². The predicted molar refractivity (Wildman–Crippen MR) is 98.2 cm³/mol. The van der Waals surface area contributed by atoms with E-state index >= 15 is 0 Å². The minimum Gasteiger partial charge on any atom is -0.496 e. The summed E-state index contributed by atoms with van der Waals surface area (Å²) >= 11 is 0. The minimum absolute atomic E-state index is 0.143. The molecule has 4 heteroatoms. The molecular formula is C22H28O4. The molecule has 140 valence electrons. The third kappa shape index (κ3) is 2.41. The fraction of sp³-hybridized carbons (Fsp3) is 0.636. The van der Waals surface area contributed by atoms with Crippen LogP contribution in [0.25, 0.3) is 0 Å². The molecule has 3 aliphatic rings. The van der Waals surface area contributed by atoms with Crippen LogP contribution in [0.4, 0.5) is 0 Å². The zero-order valence-corrected chi connectivity index (χ0v) is 16.0. The topological polar surface area (TPSA) is 52.6 Å². The zero-order valence-electron chi connectivity index (χ0n) is 16.0. The second-order valence-electron chi connectivity index (χ2n) is 8.54. The van der Waals surface area contributed by atoms with Crippen molar-refractivity contribution in [2.45, 2.75) is 70.3 Å². The Morgan fingerprint density at radius 2 is 2.00 bits per heavy atom. The van der Waals surface area contributed by atoms with Crippen molar-refractivity contribution in [2.75, 3.05) is 7.11 Å². The quantitative estimate of drug-likeness (QED) is 0.746. The largest absolute Gasteiger partial charge is 0.496 e. The van der Waals surface area contributed by atoms with Crippen molar-refractivity contribution in [3.05, 3.63) is 29.3 Å². The molecule has 2 saturated carbocycles. The lowest BCUT2D eigenvalue weighted by Gasteiger charge is -2.60. The SMILES string of the molecule is COc1cccc2c1CC[C@H]1[C@@H]2CC[C@@]2(OC(C)=O)CC(=O)CC[C@@]12C. The van der Waals surface area contributed by atoms with E-state index in [-0.39, 0.29) is 17.2 Å². The van der Waals surface area contributed by atoms with E-state index in [1.807, 2.05) is 6.07 Å². The average molecular weight is 356 g/mol. The van der Waals surface area contributed by atoms with Gasteiger partial charge in [0.2, 0.25) is 0 Å². The first-order valence-corrected chi connectivity index (χ1v) is 9.77. The van der Waals surface area contributed by atoms with Crippen LogP contribution >= 0.6 is 0 Å². The molecule has 0 saturated heterocycles. The summed E-state index contributed by atoms with van der Waals surface area (Å²) in [5.41, 5.74) is 1.98. The number of benzene rings is 1. The van der Waals surface area contributed by atoms with Crippen molar-refractivity contribution in [2.24, 2.45) is 11.3 Å². The molecule has 4 nitrogen and oxygen atoms in total. The number of ketones is 1. The van der Waals surface area contributed by atoms with Crippen molar-refractivity contribution in [1.82, 2.24) is 0 Å². The Bertz CT molecular complexity index is 751. The highest BCUT2D eigenvalue weighted by molar-refractivity contribution is 5.81. The van der Waals surface area contributed by atoms with E-state index in [9.17, 15) is 9.59 Å². The molecule has 2 fully saturated rings. The van der Waals surface area contributed by atoms with Gasteiger partial charge >= 0.3 is 5.97 Å². The van der Waals surface area contributed by atoms with Gasteiger partial charge in [0.1, 0.15) is 17.1 Å². The molecule has 0 heterocycles. The number of methoxy groups -OCH3 is 1. The van der Waals surface area contributed by atoms with Crippen LogP contribution in [0, 0.1) is 11.3 Å². The molecule has 0 bridgehead atoms. The number of carbonyl (C=O) groups is 2.